The molecule has 1 radical (unpaired) electrons. The van der Waals surface area contributed by atoms with Crippen molar-refractivity contribution in [2.75, 3.05) is 0 Å². The van der Waals surface area contributed by atoms with Gasteiger partial charge in [-0.25, -0.2) is 0 Å². The molecule has 1 aromatic rings. The molecule has 0 amide bonds. The summed E-state index contributed by atoms with van der Waals surface area (Å²) < 4.78 is 4.34. The van der Waals surface area contributed by atoms with E-state index in [1.807, 2.05) is 0 Å². The summed E-state index contributed by atoms with van der Waals surface area (Å²) in [6, 6.07) is 0. The molecule has 0 aliphatic carbocycles. The number of hydrogen-bond donors (Lipinski definition) is 0. The first kappa shape index (κ1) is 5.74. The lowest BCUT2D eigenvalue weighted by atomic mass is 10.9. The highest BCUT2D eigenvalue weighted by molar-refractivity contribution is 5.52. The molecule has 9 heavy (non-hydrogen) atoms. The summed E-state index contributed by atoms with van der Waals surface area (Å²) in [5.41, 5.74) is 0. The van der Waals surface area contributed by atoms with Crippen molar-refractivity contribution < 1.29 is 9.36 Å². The Morgan fingerprint density at radius 3 is 3.33 bits per heavy atom. The van der Waals surface area contributed by atoms with Crippen molar-refractivity contribution >= 4 is 6.21 Å². The molecule has 0 unspecified atom stereocenters. The summed E-state index contributed by atoms with van der Waals surface area (Å²) >= 11 is 0. The number of hydrogen-bond acceptors (Lipinski definition) is 5. The van der Waals surface area contributed by atoms with Crippen LogP contribution in [0.2, 0.25) is 0 Å². The predicted octanol–water partition coefficient (Wildman–Crippen LogP) is 0.331. The van der Waals surface area contributed by atoms with Gasteiger partial charge in [-0.05, 0) is 6.92 Å². The Labute approximate surface area is 51.3 Å². The van der Waals surface area contributed by atoms with Crippen molar-refractivity contribution in [3.8, 4) is 5.88 Å². The molecular weight excluding hydrogens is 122 g/mol. The molecule has 1 rings (SSSR count). The molecule has 5 heteroatoms. The minimum Gasteiger partial charge on any atom is -0.341 e. The first-order valence-electron chi connectivity index (χ1n) is 2.24. The van der Waals surface area contributed by atoms with Crippen LogP contribution < -0.4 is 4.84 Å². The fourth-order valence-electron chi connectivity index (χ4n) is 0.288. The van der Waals surface area contributed by atoms with Crippen LogP contribution in [0.15, 0.2) is 15.9 Å². The van der Waals surface area contributed by atoms with Gasteiger partial charge in [0, 0.05) is 5.27 Å². The van der Waals surface area contributed by atoms with E-state index in [1.54, 1.807) is 6.92 Å². The second-order valence-electron chi connectivity index (χ2n) is 1.15. The summed E-state index contributed by atoms with van der Waals surface area (Å²) in [6.45, 7) is 1.60. The van der Waals surface area contributed by atoms with Crippen LogP contribution in [-0.2, 0) is 0 Å². The average molecular weight is 126 g/mol. The highest BCUT2D eigenvalue weighted by Crippen LogP contribution is 2.00. The predicted molar refractivity (Wildman–Crippen MR) is 28.0 cm³/mol. The van der Waals surface area contributed by atoms with E-state index in [-0.39, 0.29) is 5.88 Å². The van der Waals surface area contributed by atoms with Crippen molar-refractivity contribution in [2.24, 2.45) is 5.16 Å². The monoisotopic (exact) mass is 126 g/mol. The molecule has 0 saturated heterocycles. The molecular formula is C4H4N3O2. The van der Waals surface area contributed by atoms with E-state index in [0.717, 1.165) is 0 Å². The van der Waals surface area contributed by atoms with Gasteiger partial charge in [0.15, 0.2) is 6.26 Å². The maximum atomic E-state index is 4.54. The maximum Gasteiger partial charge on any atom is 0.308 e. The quantitative estimate of drug-likeness (QED) is 0.423. The Morgan fingerprint density at radius 1 is 1.89 bits per heavy atom. The van der Waals surface area contributed by atoms with Crippen LogP contribution in [0.25, 0.3) is 0 Å². The van der Waals surface area contributed by atoms with E-state index in [0.29, 0.717) is 0 Å². The zero-order valence-corrected chi connectivity index (χ0v) is 4.74. The van der Waals surface area contributed by atoms with Crippen LogP contribution in [0.5, 0.6) is 5.88 Å². The molecule has 0 atom stereocenters. The van der Waals surface area contributed by atoms with Crippen LogP contribution in [0, 0.1) is 0 Å². The van der Waals surface area contributed by atoms with Crippen LogP contribution >= 0.6 is 0 Å². The van der Waals surface area contributed by atoms with Gasteiger partial charge in [0.1, 0.15) is 6.21 Å². The lowest BCUT2D eigenvalue weighted by Crippen LogP contribution is -1.81. The minimum atomic E-state index is 0.226. The van der Waals surface area contributed by atoms with Crippen LogP contribution in [0.1, 0.15) is 6.92 Å². The third-order valence-corrected chi connectivity index (χ3v) is 0.571. The van der Waals surface area contributed by atoms with Gasteiger partial charge in [0.25, 0.3) is 0 Å². The van der Waals surface area contributed by atoms with E-state index in [1.165, 1.54) is 6.26 Å². The van der Waals surface area contributed by atoms with Crippen molar-refractivity contribution in [1.29, 1.82) is 0 Å². The molecule has 5 nitrogen and oxygen atoms in total. The average Bonchev–Trinajstić information content (AvgIpc) is 2.34. The van der Waals surface area contributed by atoms with Crippen molar-refractivity contribution in [3.63, 3.8) is 0 Å². The SMILES string of the molecule is C[C]=NOc1conn1. The molecule has 0 aromatic carbocycles. The Morgan fingerprint density at radius 2 is 2.78 bits per heavy atom. The van der Waals surface area contributed by atoms with Gasteiger partial charge in [-0.2, -0.15) is 0 Å². The van der Waals surface area contributed by atoms with Gasteiger partial charge >= 0.3 is 5.88 Å². The molecule has 47 valence electrons. The zero-order valence-electron chi connectivity index (χ0n) is 4.74. The number of nitrogens with zero attached hydrogens (tertiary/aromatic N) is 3. The molecule has 0 fully saturated rings. The maximum absolute atomic E-state index is 4.54. The Hall–Kier alpha value is -1.39. The molecule has 1 heterocycles. The van der Waals surface area contributed by atoms with Crippen LogP contribution in [0.3, 0.4) is 0 Å². The Bertz CT molecular complexity index is 182. The third-order valence-electron chi connectivity index (χ3n) is 0.571. The molecule has 1 aromatic heterocycles. The van der Waals surface area contributed by atoms with Crippen molar-refractivity contribution in [1.82, 2.24) is 10.4 Å². The fraction of sp³-hybridized carbons (Fsp3) is 0.250. The lowest BCUT2D eigenvalue weighted by Gasteiger charge is -1.82. The first-order chi connectivity index (χ1) is 4.43. The summed E-state index contributed by atoms with van der Waals surface area (Å²) in [4.78, 5) is 4.54. The van der Waals surface area contributed by atoms with Crippen molar-refractivity contribution in [2.45, 2.75) is 6.92 Å². The number of aromatic nitrogens is 2. The topological polar surface area (TPSA) is 60.5 Å². The van der Waals surface area contributed by atoms with Crippen molar-refractivity contribution in [3.05, 3.63) is 6.26 Å². The van der Waals surface area contributed by atoms with Gasteiger partial charge in [-0.15, -0.1) is 0 Å². The van der Waals surface area contributed by atoms with E-state index in [9.17, 15) is 0 Å². The number of rotatable bonds is 2. The zero-order chi connectivity index (χ0) is 6.53. The van der Waals surface area contributed by atoms with E-state index in [4.69, 9.17) is 0 Å². The molecule has 0 spiro atoms. The largest absolute Gasteiger partial charge is 0.341 e. The van der Waals surface area contributed by atoms with E-state index >= 15 is 0 Å². The standard InChI is InChI=1S/C4H4N3O2/c1-2-5-9-4-3-8-7-6-4/h3H,1H3. The molecule has 0 N–H and O–H groups in total. The van der Waals surface area contributed by atoms with Crippen LogP contribution in [-0.4, -0.2) is 16.6 Å². The Balaban J connectivity index is 2.48. The molecule has 0 bridgehead atoms. The summed E-state index contributed by atoms with van der Waals surface area (Å²) in [5, 5.41) is 9.82. The minimum absolute atomic E-state index is 0.226. The van der Waals surface area contributed by atoms with Gasteiger partial charge < -0.3 is 9.36 Å². The summed E-state index contributed by atoms with van der Waals surface area (Å²) in [7, 11) is 0. The smallest absolute Gasteiger partial charge is 0.308 e. The lowest BCUT2D eigenvalue weighted by molar-refractivity contribution is 0.328. The fourth-order valence-corrected chi connectivity index (χ4v) is 0.288. The summed E-state index contributed by atoms with van der Waals surface area (Å²) in [6.07, 6.45) is 3.64. The highest BCUT2D eigenvalue weighted by Gasteiger charge is 1.93. The molecule has 0 aliphatic rings. The molecule has 0 saturated carbocycles. The van der Waals surface area contributed by atoms with E-state index < -0.39 is 0 Å². The highest BCUT2D eigenvalue weighted by atomic mass is 16.6. The Kier molecular flexibility index (Phi) is 1.79. The van der Waals surface area contributed by atoms with Crippen LogP contribution in [0.4, 0.5) is 0 Å². The van der Waals surface area contributed by atoms with Gasteiger partial charge in [0.05, 0.1) is 0 Å². The summed E-state index contributed by atoms with van der Waals surface area (Å²) in [5.74, 6) is 0.226. The first-order valence-corrected chi connectivity index (χ1v) is 2.24. The third kappa shape index (κ3) is 1.52. The second kappa shape index (κ2) is 2.81. The second-order valence-corrected chi connectivity index (χ2v) is 1.15. The normalized spacial score (nSPS) is 10.3. The van der Waals surface area contributed by atoms with Gasteiger partial charge in [0.2, 0.25) is 0 Å². The van der Waals surface area contributed by atoms with E-state index in [2.05, 4.69) is 31.1 Å². The van der Waals surface area contributed by atoms with Gasteiger partial charge in [-0.1, -0.05) is 10.3 Å². The van der Waals surface area contributed by atoms with Gasteiger partial charge in [-0.3, -0.25) is 0 Å². The molecule has 0 aliphatic heterocycles.